The van der Waals surface area contributed by atoms with Gasteiger partial charge in [-0.15, -0.1) is 0 Å². The largest absolute Gasteiger partial charge is 0.310 e. The fraction of sp³-hybridized carbons (Fsp3) is 0.200. The number of rotatable bonds is 1. The number of hydrogen-bond donors (Lipinski definition) is 1. The van der Waals surface area contributed by atoms with Crippen LogP contribution in [0, 0.1) is 0 Å². The van der Waals surface area contributed by atoms with Crippen molar-refractivity contribution < 1.29 is 0 Å². The van der Waals surface area contributed by atoms with E-state index in [-0.39, 0.29) is 5.56 Å². The van der Waals surface area contributed by atoms with Gasteiger partial charge in [0.05, 0.1) is 15.9 Å². The number of halogens is 2. The predicted octanol–water partition coefficient (Wildman–Crippen LogP) is 2.90. The summed E-state index contributed by atoms with van der Waals surface area (Å²) in [5.74, 6) is 0.650. The predicted molar refractivity (Wildman–Crippen MR) is 64.5 cm³/mol. The number of aryl methyl sites for hydroxylation is 1. The maximum atomic E-state index is 11.7. The summed E-state index contributed by atoms with van der Waals surface area (Å²) >= 11 is 9.31. The summed E-state index contributed by atoms with van der Waals surface area (Å²) in [7, 11) is 0. The van der Waals surface area contributed by atoms with Gasteiger partial charge >= 0.3 is 0 Å². The molecule has 5 heteroatoms. The second-order valence-corrected chi connectivity index (χ2v) is 4.47. The minimum atomic E-state index is -0.153. The normalized spacial score (nSPS) is 10.9. The lowest BCUT2D eigenvalue weighted by Gasteiger charge is -2.02. The lowest BCUT2D eigenvalue weighted by molar-refractivity contribution is 0.944. The molecule has 1 N–H and O–H groups in total. The molecule has 0 amide bonds. The smallest absolute Gasteiger partial charge is 0.258 e. The zero-order valence-electron chi connectivity index (χ0n) is 7.97. The number of H-pyrrole nitrogens is 1. The molecule has 0 saturated carbocycles. The molecular weight excluding hydrogens is 279 g/mol. The first kappa shape index (κ1) is 10.6. The highest BCUT2D eigenvalue weighted by atomic mass is 79.9. The number of aromatic amines is 1. The van der Waals surface area contributed by atoms with Gasteiger partial charge in [0, 0.05) is 10.9 Å². The first-order chi connectivity index (χ1) is 7.11. The first-order valence-corrected chi connectivity index (χ1v) is 5.67. The van der Waals surface area contributed by atoms with Crippen LogP contribution in [0.1, 0.15) is 12.7 Å². The quantitative estimate of drug-likeness (QED) is 0.876. The third-order valence-corrected chi connectivity index (χ3v) is 2.86. The van der Waals surface area contributed by atoms with Gasteiger partial charge in [-0.3, -0.25) is 4.79 Å². The SMILES string of the molecule is CCc1nc2c(Cl)cc(Br)cc2c(=O)[nH]1. The number of aromatic nitrogens is 2. The van der Waals surface area contributed by atoms with Crippen LogP contribution in [-0.2, 0) is 6.42 Å². The Morgan fingerprint density at radius 1 is 1.53 bits per heavy atom. The summed E-state index contributed by atoms with van der Waals surface area (Å²) in [5, 5.41) is 0.992. The van der Waals surface area contributed by atoms with Crippen molar-refractivity contribution in [3.63, 3.8) is 0 Å². The van der Waals surface area contributed by atoms with Crippen LogP contribution < -0.4 is 5.56 Å². The molecule has 0 radical (unpaired) electrons. The second kappa shape index (κ2) is 3.94. The Bertz CT molecular complexity index is 579. The van der Waals surface area contributed by atoms with E-state index in [9.17, 15) is 4.79 Å². The van der Waals surface area contributed by atoms with Crippen LogP contribution in [0.5, 0.6) is 0 Å². The van der Waals surface area contributed by atoms with E-state index in [1.807, 2.05) is 6.92 Å². The first-order valence-electron chi connectivity index (χ1n) is 4.49. The van der Waals surface area contributed by atoms with E-state index < -0.39 is 0 Å². The number of benzene rings is 1. The van der Waals surface area contributed by atoms with Crippen molar-refractivity contribution in [2.45, 2.75) is 13.3 Å². The van der Waals surface area contributed by atoms with Crippen LogP contribution in [0.25, 0.3) is 10.9 Å². The van der Waals surface area contributed by atoms with Crippen molar-refractivity contribution in [2.75, 3.05) is 0 Å². The van der Waals surface area contributed by atoms with Gasteiger partial charge in [-0.2, -0.15) is 0 Å². The Kier molecular flexibility index (Phi) is 2.80. The zero-order chi connectivity index (χ0) is 11.0. The van der Waals surface area contributed by atoms with Crippen molar-refractivity contribution in [1.82, 2.24) is 9.97 Å². The minimum Gasteiger partial charge on any atom is -0.310 e. The molecule has 3 nitrogen and oxygen atoms in total. The Labute approximate surface area is 99.6 Å². The molecule has 0 unspecified atom stereocenters. The van der Waals surface area contributed by atoms with E-state index >= 15 is 0 Å². The van der Waals surface area contributed by atoms with Gasteiger partial charge < -0.3 is 4.98 Å². The number of nitrogens with zero attached hydrogens (tertiary/aromatic N) is 1. The van der Waals surface area contributed by atoms with Gasteiger partial charge in [-0.25, -0.2) is 4.98 Å². The van der Waals surface area contributed by atoms with E-state index in [1.54, 1.807) is 12.1 Å². The van der Waals surface area contributed by atoms with Crippen LogP contribution in [0.15, 0.2) is 21.4 Å². The van der Waals surface area contributed by atoms with Crippen LogP contribution >= 0.6 is 27.5 Å². The average molecular weight is 288 g/mol. The molecule has 78 valence electrons. The van der Waals surface area contributed by atoms with E-state index in [0.717, 1.165) is 4.47 Å². The Morgan fingerprint density at radius 2 is 2.27 bits per heavy atom. The molecular formula is C10H8BrClN2O. The highest BCUT2D eigenvalue weighted by molar-refractivity contribution is 9.10. The molecule has 1 heterocycles. The third kappa shape index (κ3) is 1.92. The molecule has 0 bridgehead atoms. The Morgan fingerprint density at radius 3 is 2.93 bits per heavy atom. The van der Waals surface area contributed by atoms with Gasteiger partial charge in [0.15, 0.2) is 0 Å². The van der Waals surface area contributed by atoms with E-state index in [1.165, 1.54) is 0 Å². The van der Waals surface area contributed by atoms with E-state index in [0.29, 0.717) is 28.2 Å². The van der Waals surface area contributed by atoms with Crippen molar-refractivity contribution in [1.29, 1.82) is 0 Å². The van der Waals surface area contributed by atoms with Crippen molar-refractivity contribution in [3.8, 4) is 0 Å². The molecule has 0 aliphatic rings. The van der Waals surface area contributed by atoms with Gasteiger partial charge in [-0.1, -0.05) is 34.5 Å². The molecule has 1 aromatic carbocycles. The topological polar surface area (TPSA) is 45.8 Å². The molecule has 2 aromatic rings. The maximum Gasteiger partial charge on any atom is 0.258 e. The van der Waals surface area contributed by atoms with Crippen LogP contribution in [0.4, 0.5) is 0 Å². The lowest BCUT2D eigenvalue weighted by Crippen LogP contribution is -2.11. The lowest BCUT2D eigenvalue weighted by atomic mass is 10.2. The summed E-state index contributed by atoms with van der Waals surface area (Å²) < 4.78 is 0.775. The Hall–Kier alpha value is -0.870. The third-order valence-electron chi connectivity index (χ3n) is 2.11. The van der Waals surface area contributed by atoms with Gasteiger partial charge in [0.25, 0.3) is 5.56 Å². The zero-order valence-corrected chi connectivity index (χ0v) is 10.3. The van der Waals surface area contributed by atoms with E-state index in [4.69, 9.17) is 11.6 Å². The summed E-state index contributed by atoms with van der Waals surface area (Å²) in [6, 6.07) is 3.45. The number of fused-ring (bicyclic) bond motifs is 1. The van der Waals surface area contributed by atoms with E-state index in [2.05, 4.69) is 25.9 Å². The number of nitrogens with one attached hydrogen (secondary N) is 1. The average Bonchev–Trinajstić information content (AvgIpc) is 2.19. The van der Waals surface area contributed by atoms with Gasteiger partial charge in [-0.05, 0) is 12.1 Å². The fourth-order valence-corrected chi connectivity index (χ4v) is 2.23. The molecule has 0 fully saturated rings. The monoisotopic (exact) mass is 286 g/mol. The molecule has 0 saturated heterocycles. The molecule has 0 aliphatic heterocycles. The standard InChI is InChI=1S/C10H8BrClN2O/c1-2-8-13-9-6(10(15)14-8)3-5(11)4-7(9)12/h3-4H,2H2,1H3,(H,13,14,15). The summed E-state index contributed by atoms with van der Waals surface area (Å²) in [5.41, 5.74) is 0.403. The van der Waals surface area contributed by atoms with Crippen LogP contribution in [-0.4, -0.2) is 9.97 Å². The molecule has 1 aromatic heterocycles. The molecule has 0 atom stereocenters. The molecule has 0 spiro atoms. The molecule has 0 aliphatic carbocycles. The summed E-state index contributed by atoms with van der Waals surface area (Å²) in [6.45, 7) is 1.93. The second-order valence-electron chi connectivity index (χ2n) is 3.15. The van der Waals surface area contributed by atoms with Crippen LogP contribution in [0.2, 0.25) is 5.02 Å². The van der Waals surface area contributed by atoms with Crippen molar-refractivity contribution >= 4 is 38.4 Å². The maximum absolute atomic E-state index is 11.7. The fourth-order valence-electron chi connectivity index (χ4n) is 1.38. The molecule has 2 rings (SSSR count). The summed E-state index contributed by atoms with van der Waals surface area (Å²) in [6.07, 6.45) is 0.678. The highest BCUT2D eigenvalue weighted by Crippen LogP contribution is 2.24. The highest BCUT2D eigenvalue weighted by Gasteiger charge is 2.07. The van der Waals surface area contributed by atoms with Crippen LogP contribution in [0.3, 0.4) is 0 Å². The van der Waals surface area contributed by atoms with Crippen molar-refractivity contribution in [2.24, 2.45) is 0 Å². The van der Waals surface area contributed by atoms with Crippen molar-refractivity contribution in [3.05, 3.63) is 37.8 Å². The van der Waals surface area contributed by atoms with Gasteiger partial charge in [0.2, 0.25) is 0 Å². The van der Waals surface area contributed by atoms with Gasteiger partial charge in [0.1, 0.15) is 5.82 Å². The number of hydrogen-bond acceptors (Lipinski definition) is 2. The minimum absolute atomic E-state index is 0.153. The Balaban J connectivity index is 2.91. The molecule has 15 heavy (non-hydrogen) atoms. The summed E-state index contributed by atoms with van der Waals surface area (Å²) in [4.78, 5) is 18.7.